The lowest BCUT2D eigenvalue weighted by molar-refractivity contribution is -0.121. The lowest BCUT2D eigenvalue weighted by Gasteiger charge is -2.12. The van der Waals surface area contributed by atoms with Gasteiger partial charge in [0.1, 0.15) is 5.76 Å². The zero-order valence-electron chi connectivity index (χ0n) is 17.7. The highest BCUT2D eigenvalue weighted by molar-refractivity contribution is 7.13. The summed E-state index contributed by atoms with van der Waals surface area (Å²) in [4.78, 5) is 29.0. The summed E-state index contributed by atoms with van der Waals surface area (Å²) in [5.41, 5.74) is 5.74. The van der Waals surface area contributed by atoms with Crippen molar-refractivity contribution in [2.75, 3.05) is 13.7 Å². The molecular formula is C22H25N3O5S. The van der Waals surface area contributed by atoms with Gasteiger partial charge in [0, 0.05) is 10.9 Å². The van der Waals surface area contributed by atoms with E-state index < -0.39 is 5.91 Å². The average molecular weight is 444 g/mol. The normalized spacial score (nSPS) is 10.5. The predicted molar refractivity (Wildman–Crippen MR) is 117 cm³/mol. The summed E-state index contributed by atoms with van der Waals surface area (Å²) in [7, 11) is 1.51. The van der Waals surface area contributed by atoms with E-state index in [2.05, 4.69) is 22.8 Å². The molecule has 0 bridgehead atoms. The van der Waals surface area contributed by atoms with Crippen LogP contribution in [0.1, 0.15) is 41.6 Å². The van der Waals surface area contributed by atoms with E-state index in [-0.39, 0.29) is 12.3 Å². The molecule has 2 heterocycles. The van der Waals surface area contributed by atoms with E-state index >= 15 is 0 Å². The van der Waals surface area contributed by atoms with Gasteiger partial charge in [0.2, 0.25) is 5.91 Å². The molecule has 0 aliphatic heterocycles. The highest BCUT2D eigenvalue weighted by Crippen LogP contribution is 2.28. The van der Waals surface area contributed by atoms with Crippen LogP contribution < -0.4 is 20.3 Å². The third-order valence-corrected chi connectivity index (χ3v) is 5.25. The molecule has 0 atom stereocenters. The first-order chi connectivity index (χ1) is 15.0. The summed E-state index contributed by atoms with van der Waals surface area (Å²) >= 11 is 1.39. The van der Waals surface area contributed by atoms with Crippen LogP contribution in [0.2, 0.25) is 0 Å². The Hall–Kier alpha value is -3.33. The van der Waals surface area contributed by atoms with Crippen molar-refractivity contribution in [2.24, 2.45) is 0 Å². The number of hydrazine groups is 1. The van der Waals surface area contributed by atoms with Gasteiger partial charge in [0.05, 0.1) is 25.8 Å². The number of nitrogens with one attached hydrogen (secondary N) is 2. The lowest BCUT2D eigenvalue weighted by atomic mass is 10.2. The minimum Gasteiger partial charge on any atom is -0.493 e. The number of rotatable bonds is 9. The quantitative estimate of drug-likeness (QED) is 0.384. The summed E-state index contributed by atoms with van der Waals surface area (Å²) in [5.74, 6) is 1.65. The van der Waals surface area contributed by atoms with Crippen LogP contribution in [0.15, 0.2) is 40.1 Å². The van der Waals surface area contributed by atoms with Gasteiger partial charge in [-0.1, -0.05) is 13.3 Å². The maximum absolute atomic E-state index is 12.4. The Labute approximate surface area is 184 Å². The first-order valence-corrected chi connectivity index (χ1v) is 10.8. The van der Waals surface area contributed by atoms with Gasteiger partial charge in [0.25, 0.3) is 5.91 Å². The molecule has 0 unspecified atom stereocenters. The number of hydrogen-bond donors (Lipinski definition) is 2. The predicted octanol–water partition coefficient (Wildman–Crippen LogP) is 3.90. The molecular weight excluding hydrogens is 418 g/mol. The van der Waals surface area contributed by atoms with E-state index in [4.69, 9.17) is 13.9 Å². The number of aryl methyl sites for hydroxylation is 1. The number of unbranched alkanes of at least 4 members (excludes halogenated alkanes) is 1. The average Bonchev–Trinajstić information content (AvgIpc) is 3.41. The number of carbonyl (C=O) groups excluding carboxylic acids is 2. The summed E-state index contributed by atoms with van der Waals surface area (Å²) in [6.45, 7) is 4.51. The van der Waals surface area contributed by atoms with Crippen LogP contribution in [0, 0.1) is 6.92 Å². The summed E-state index contributed by atoms with van der Waals surface area (Å²) in [6, 6.07) is 8.56. The fraction of sp³-hybridized carbons (Fsp3) is 0.318. The Balaban J connectivity index is 1.53. The van der Waals surface area contributed by atoms with Crippen molar-refractivity contribution in [3.63, 3.8) is 0 Å². The van der Waals surface area contributed by atoms with E-state index in [9.17, 15) is 9.59 Å². The Kier molecular flexibility index (Phi) is 7.66. The van der Waals surface area contributed by atoms with Crippen LogP contribution in [-0.4, -0.2) is 30.5 Å². The molecule has 3 aromatic rings. The largest absolute Gasteiger partial charge is 0.493 e. The third-order valence-electron chi connectivity index (χ3n) is 4.34. The number of furan rings is 1. The molecule has 0 fully saturated rings. The van der Waals surface area contributed by atoms with Crippen LogP contribution >= 0.6 is 11.3 Å². The maximum Gasteiger partial charge on any atom is 0.269 e. The minimum atomic E-state index is -0.461. The van der Waals surface area contributed by atoms with E-state index in [1.165, 1.54) is 18.4 Å². The lowest BCUT2D eigenvalue weighted by Crippen LogP contribution is -2.42. The SMILES string of the molecule is CCCCOc1ccc(C(=O)NNC(=O)Cc2csc(-c3ccc(C)o3)n2)cc1OC. The molecule has 0 spiro atoms. The second kappa shape index (κ2) is 10.6. The molecule has 0 aliphatic carbocycles. The zero-order valence-corrected chi connectivity index (χ0v) is 18.5. The molecule has 0 saturated carbocycles. The number of methoxy groups -OCH3 is 1. The number of thiazole rings is 1. The maximum atomic E-state index is 12.4. The van der Waals surface area contributed by atoms with Crippen molar-refractivity contribution in [2.45, 2.75) is 33.1 Å². The molecule has 9 heteroatoms. The van der Waals surface area contributed by atoms with Gasteiger partial charge >= 0.3 is 0 Å². The summed E-state index contributed by atoms with van der Waals surface area (Å²) in [5, 5.41) is 2.49. The van der Waals surface area contributed by atoms with Crippen LogP contribution in [0.5, 0.6) is 11.5 Å². The topological polar surface area (TPSA) is 103 Å². The van der Waals surface area contributed by atoms with Crippen molar-refractivity contribution in [1.29, 1.82) is 0 Å². The van der Waals surface area contributed by atoms with Gasteiger partial charge < -0.3 is 13.9 Å². The van der Waals surface area contributed by atoms with E-state index in [0.29, 0.717) is 40.1 Å². The highest BCUT2D eigenvalue weighted by Gasteiger charge is 2.14. The minimum absolute atomic E-state index is 0.0317. The molecule has 2 N–H and O–H groups in total. The first kappa shape index (κ1) is 22.4. The second-order valence-corrected chi connectivity index (χ2v) is 7.66. The molecule has 2 aromatic heterocycles. The van der Waals surface area contributed by atoms with E-state index in [0.717, 1.165) is 18.6 Å². The van der Waals surface area contributed by atoms with Gasteiger partial charge in [-0.2, -0.15) is 0 Å². The number of amides is 2. The fourth-order valence-corrected chi connectivity index (χ4v) is 3.49. The number of aromatic nitrogens is 1. The van der Waals surface area contributed by atoms with Crippen molar-refractivity contribution >= 4 is 23.2 Å². The molecule has 3 rings (SSSR count). The van der Waals surface area contributed by atoms with Crippen LogP contribution in [0.3, 0.4) is 0 Å². The molecule has 1 aromatic carbocycles. The molecule has 0 aliphatic rings. The number of benzene rings is 1. The smallest absolute Gasteiger partial charge is 0.269 e. The molecule has 8 nitrogen and oxygen atoms in total. The van der Waals surface area contributed by atoms with Crippen molar-refractivity contribution < 1.29 is 23.5 Å². The Bertz CT molecular complexity index is 1040. The fourth-order valence-electron chi connectivity index (χ4n) is 2.71. The van der Waals surface area contributed by atoms with E-state index in [1.54, 1.807) is 23.6 Å². The van der Waals surface area contributed by atoms with Crippen molar-refractivity contribution in [3.05, 3.63) is 52.7 Å². The highest BCUT2D eigenvalue weighted by atomic mass is 32.1. The Morgan fingerprint density at radius 1 is 1.16 bits per heavy atom. The molecule has 0 radical (unpaired) electrons. The molecule has 164 valence electrons. The van der Waals surface area contributed by atoms with Crippen molar-refractivity contribution in [3.8, 4) is 22.3 Å². The van der Waals surface area contributed by atoms with Crippen LogP contribution in [0.25, 0.3) is 10.8 Å². The Morgan fingerprint density at radius 3 is 2.71 bits per heavy atom. The first-order valence-electron chi connectivity index (χ1n) is 9.91. The van der Waals surface area contributed by atoms with Gasteiger partial charge in [0.15, 0.2) is 22.3 Å². The molecule has 0 saturated heterocycles. The summed E-state index contributed by atoms with van der Waals surface area (Å²) in [6.07, 6.45) is 1.98. The zero-order chi connectivity index (χ0) is 22.2. The van der Waals surface area contributed by atoms with Gasteiger partial charge in [-0.05, 0) is 43.7 Å². The Morgan fingerprint density at radius 2 is 2.00 bits per heavy atom. The number of carbonyl (C=O) groups is 2. The standard InChI is InChI=1S/C22H25N3O5S/c1-4-5-10-29-17-9-7-15(11-19(17)28-3)21(27)25-24-20(26)12-16-13-31-22(23-16)18-8-6-14(2)30-18/h6-9,11,13H,4-5,10,12H2,1-3H3,(H,24,26)(H,25,27). The van der Waals surface area contributed by atoms with Crippen molar-refractivity contribution in [1.82, 2.24) is 15.8 Å². The molecule has 2 amide bonds. The second-order valence-electron chi connectivity index (χ2n) is 6.80. The van der Waals surface area contributed by atoms with Gasteiger partial charge in [-0.3, -0.25) is 20.4 Å². The van der Waals surface area contributed by atoms with Crippen LogP contribution in [-0.2, 0) is 11.2 Å². The van der Waals surface area contributed by atoms with Gasteiger partial charge in [-0.15, -0.1) is 11.3 Å². The van der Waals surface area contributed by atoms with Crippen LogP contribution in [0.4, 0.5) is 0 Å². The number of hydrogen-bond acceptors (Lipinski definition) is 7. The van der Waals surface area contributed by atoms with Gasteiger partial charge in [-0.25, -0.2) is 4.98 Å². The molecule has 31 heavy (non-hydrogen) atoms. The third kappa shape index (κ3) is 6.08. The number of ether oxygens (including phenoxy) is 2. The summed E-state index contributed by atoms with van der Waals surface area (Å²) < 4.78 is 16.5. The monoisotopic (exact) mass is 443 g/mol. The van der Waals surface area contributed by atoms with E-state index in [1.807, 2.05) is 19.1 Å². The number of nitrogens with zero attached hydrogens (tertiary/aromatic N) is 1.